The van der Waals surface area contributed by atoms with Gasteiger partial charge in [0.2, 0.25) is 0 Å². The summed E-state index contributed by atoms with van der Waals surface area (Å²) in [5.41, 5.74) is 0. The van der Waals surface area contributed by atoms with E-state index in [-0.39, 0.29) is 0 Å². The minimum atomic E-state index is 0.510. The number of ketones is 1. The number of carbonyl (C=O) groups is 1. The van der Waals surface area contributed by atoms with Crippen molar-refractivity contribution in [3.05, 3.63) is 0 Å². The average molecular weight is 264 g/mol. The topological polar surface area (TPSA) is 23.6 Å². The highest BCUT2D eigenvalue weighted by Crippen LogP contribution is 2.34. The van der Waals surface area contributed by atoms with Crippen LogP contribution >= 0.6 is 0 Å². The fourth-order valence-corrected chi connectivity index (χ4v) is 4.54. The number of hydrogen-bond donors (Lipinski definition) is 0. The van der Waals surface area contributed by atoms with Gasteiger partial charge in [0.1, 0.15) is 5.78 Å². The normalized spacial score (nSPS) is 35.3. The predicted octanol–water partition coefficient (Wildman–Crippen LogP) is 2.45. The van der Waals surface area contributed by atoms with Gasteiger partial charge in [-0.2, -0.15) is 0 Å². The number of hydrogen-bond acceptors (Lipinski definition) is 3. The maximum absolute atomic E-state index is 11.8. The lowest BCUT2D eigenvalue weighted by Crippen LogP contribution is -2.58. The van der Waals surface area contributed by atoms with Gasteiger partial charge < -0.3 is 4.90 Å². The SMILES string of the molecule is CC(CN1CCCCC1)N1C2CCCC1CC(=O)C2. The molecule has 3 rings (SSSR count). The largest absolute Gasteiger partial charge is 0.302 e. The fraction of sp³-hybridized carbons (Fsp3) is 0.938. The van der Waals surface area contributed by atoms with Gasteiger partial charge in [0, 0.05) is 37.5 Å². The van der Waals surface area contributed by atoms with Crippen LogP contribution in [-0.4, -0.2) is 53.3 Å². The van der Waals surface area contributed by atoms with Crippen molar-refractivity contribution in [3.8, 4) is 0 Å². The van der Waals surface area contributed by atoms with Crippen LogP contribution in [0.2, 0.25) is 0 Å². The number of carbonyl (C=O) groups excluding carboxylic acids is 1. The van der Waals surface area contributed by atoms with Gasteiger partial charge in [-0.05, 0) is 45.7 Å². The molecule has 3 heterocycles. The Balaban J connectivity index is 1.61. The van der Waals surface area contributed by atoms with E-state index in [2.05, 4.69) is 16.7 Å². The zero-order valence-corrected chi connectivity index (χ0v) is 12.3. The molecule has 3 heteroatoms. The number of nitrogens with zero attached hydrogens (tertiary/aromatic N) is 2. The summed E-state index contributed by atoms with van der Waals surface area (Å²) in [7, 11) is 0. The zero-order chi connectivity index (χ0) is 13.2. The molecule has 3 saturated heterocycles. The minimum Gasteiger partial charge on any atom is -0.302 e. The Bertz CT molecular complexity index is 309. The molecular weight excluding hydrogens is 236 g/mol. The van der Waals surface area contributed by atoms with Crippen molar-refractivity contribution >= 4 is 5.78 Å². The molecule has 3 fully saturated rings. The quantitative estimate of drug-likeness (QED) is 0.782. The monoisotopic (exact) mass is 264 g/mol. The van der Waals surface area contributed by atoms with Crippen molar-refractivity contribution in [1.82, 2.24) is 9.80 Å². The summed E-state index contributed by atoms with van der Waals surface area (Å²) in [4.78, 5) is 17.1. The lowest BCUT2D eigenvalue weighted by atomic mass is 9.82. The Morgan fingerprint density at radius 1 is 1.05 bits per heavy atom. The van der Waals surface area contributed by atoms with E-state index in [1.807, 2.05) is 0 Å². The Labute approximate surface area is 117 Å². The second kappa shape index (κ2) is 5.92. The first kappa shape index (κ1) is 13.6. The van der Waals surface area contributed by atoms with Crippen LogP contribution in [0.3, 0.4) is 0 Å². The standard InChI is InChI=1S/C16H28N2O/c1-13(12-17-8-3-2-4-9-17)18-14-6-5-7-15(18)11-16(19)10-14/h13-15H,2-12H2,1H3. The average Bonchev–Trinajstić information content (AvgIpc) is 2.38. The summed E-state index contributed by atoms with van der Waals surface area (Å²) in [6, 6.07) is 1.74. The molecule has 0 aromatic rings. The van der Waals surface area contributed by atoms with E-state index >= 15 is 0 Å². The maximum Gasteiger partial charge on any atom is 0.136 e. The summed E-state index contributed by atoms with van der Waals surface area (Å²) < 4.78 is 0. The van der Waals surface area contributed by atoms with Gasteiger partial charge in [0.25, 0.3) is 0 Å². The molecule has 0 spiro atoms. The molecule has 3 nitrogen and oxygen atoms in total. The molecule has 0 amide bonds. The Morgan fingerprint density at radius 3 is 2.32 bits per heavy atom. The third kappa shape index (κ3) is 3.03. The van der Waals surface area contributed by atoms with E-state index < -0.39 is 0 Å². The maximum atomic E-state index is 11.8. The van der Waals surface area contributed by atoms with Gasteiger partial charge in [0.15, 0.2) is 0 Å². The highest BCUT2D eigenvalue weighted by Gasteiger charge is 2.40. The van der Waals surface area contributed by atoms with E-state index in [4.69, 9.17) is 0 Å². The first-order valence-electron chi connectivity index (χ1n) is 8.25. The smallest absolute Gasteiger partial charge is 0.136 e. The van der Waals surface area contributed by atoms with E-state index in [1.54, 1.807) is 0 Å². The van der Waals surface area contributed by atoms with Crippen LogP contribution in [-0.2, 0) is 4.79 Å². The highest BCUT2D eigenvalue weighted by molar-refractivity contribution is 5.80. The molecule has 108 valence electrons. The van der Waals surface area contributed by atoms with E-state index in [1.165, 1.54) is 58.2 Å². The van der Waals surface area contributed by atoms with E-state index in [9.17, 15) is 4.79 Å². The Hall–Kier alpha value is -0.410. The lowest BCUT2D eigenvalue weighted by molar-refractivity contribution is -0.128. The summed E-state index contributed by atoms with van der Waals surface area (Å²) in [6.45, 7) is 6.16. The molecule has 3 aliphatic heterocycles. The second-order valence-corrected chi connectivity index (χ2v) is 6.84. The van der Waals surface area contributed by atoms with Crippen LogP contribution in [0, 0.1) is 0 Å². The number of rotatable bonds is 3. The van der Waals surface area contributed by atoms with Crippen LogP contribution < -0.4 is 0 Å². The number of Topliss-reactive ketones (excluding diaryl/α,β-unsaturated/α-hetero) is 1. The molecule has 0 aliphatic carbocycles. The summed E-state index contributed by atoms with van der Waals surface area (Å²) in [5.74, 6) is 0.510. The molecule has 0 N–H and O–H groups in total. The van der Waals surface area contributed by atoms with Gasteiger partial charge in [-0.25, -0.2) is 0 Å². The Morgan fingerprint density at radius 2 is 1.68 bits per heavy atom. The van der Waals surface area contributed by atoms with Gasteiger partial charge in [-0.3, -0.25) is 9.69 Å². The van der Waals surface area contributed by atoms with Crippen LogP contribution in [0.15, 0.2) is 0 Å². The summed E-state index contributed by atoms with van der Waals surface area (Å²) in [6.07, 6.45) is 9.61. The molecule has 0 radical (unpaired) electrons. The third-order valence-corrected chi connectivity index (χ3v) is 5.32. The lowest BCUT2D eigenvalue weighted by Gasteiger charge is -2.49. The second-order valence-electron chi connectivity index (χ2n) is 6.84. The van der Waals surface area contributed by atoms with Crippen molar-refractivity contribution in [2.45, 2.75) is 76.4 Å². The third-order valence-electron chi connectivity index (χ3n) is 5.32. The first-order chi connectivity index (χ1) is 9.24. The van der Waals surface area contributed by atoms with Crippen LogP contribution in [0.4, 0.5) is 0 Å². The molecule has 0 aromatic heterocycles. The molecule has 3 aliphatic rings. The van der Waals surface area contributed by atoms with E-state index in [0.717, 1.165) is 12.8 Å². The van der Waals surface area contributed by atoms with Crippen LogP contribution in [0.1, 0.15) is 58.3 Å². The number of piperidine rings is 3. The van der Waals surface area contributed by atoms with Gasteiger partial charge in [0.05, 0.1) is 0 Å². The molecule has 3 unspecified atom stereocenters. The van der Waals surface area contributed by atoms with Crippen molar-refractivity contribution in [1.29, 1.82) is 0 Å². The van der Waals surface area contributed by atoms with Crippen LogP contribution in [0.5, 0.6) is 0 Å². The molecule has 19 heavy (non-hydrogen) atoms. The van der Waals surface area contributed by atoms with Crippen molar-refractivity contribution in [2.24, 2.45) is 0 Å². The fourth-order valence-electron chi connectivity index (χ4n) is 4.54. The zero-order valence-electron chi connectivity index (χ0n) is 12.3. The summed E-state index contributed by atoms with van der Waals surface area (Å²) in [5, 5.41) is 0. The molecule has 0 aromatic carbocycles. The molecule has 3 atom stereocenters. The molecule has 2 bridgehead atoms. The molecule has 0 saturated carbocycles. The predicted molar refractivity (Wildman–Crippen MR) is 77.3 cm³/mol. The number of fused-ring (bicyclic) bond motifs is 2. The molecular formula is C16H28N2O. The highest BCUT2D eigenvalue weighted by atomic mass is 16.1. The van der Waals surface area contributed by atoms with Crippen LogP contribution in [0.25, 0.3) is 0 Å². The van der Waals surface area contributed by atoms with Crippen molar-refractivity contribution < 1.29 is 4.79 Å². The van der Waals surface area contributed by atoms with E-state index in [0.29, 0.717) is 23.9 Å². The number of likely N-dealkylation sites (tertiary alicyclic amines) is 1. The van der Waals surface area contributed by atoms with Gasteiger partial charge in [-0.1, -0.05) is 12.8 Å². The first-order valence-corrected chi connectivity index (χ1v) is 8.25. The van der Waals surface area contributed by atoms with Gasteiger partial charge >= 0.3 is 0 Å². The van der Waals surface area contributed by atoms with Crippen molar-refractivity contribution in [3.63, 3.8) is 0 Å². The summed E-state index contributed by atoms with van der Waals surface area (Å²) >= 11 is 0. The van der Waals surface area contributed by atoms with Crippen molar-refractivity contribution in [2.75, 3.05) is 19.6 Å². The van der Waals surface area contributed by atoms with Gasteiger partial charge in [-0.15, -0.1) is 0 Å². The Kier molecular flexibility index (Phi) is 4.23. The minimum absolute atomic E-state index is 0.510.